The maximum atomic E-state index is 11.2. The van der Waals surface area contributed by atoms with E-state index in [2.05, 4.69) is 6.58 Å². The van der Waals surface area contributed by atoms with Gasteiger partial charge in [0, 0.05) is 12.0 Å². The van der Waals surface area contributed by atoms with Crippen molar-refractivity contribution in [2.24, 2.45) is 5.92 Å². The molecular formula is C11H18O3. The Morgan fingerprint density at radius 1 is 1.43 bits per heavy atom. The Balaban J connectivity index is 3.75. The molecule has 0 aliphatic carbocycles. The molecule has 0 aliphatic heterocycles. The van der Waals surface area contributed by atoms with Gasteiger partial charge in [0.25, 0.3) is 0 Å². The second-order valence-corrected chi connectivity index (χ2v) is 3.61. The quantitative estimate of drug-likeness (QED) is 0.485. The lowest BCUT2D eigenvalue weighted by molar-refractivity contribution is -0.144. The van der Waals surface area contributed by atoms with Gasteiger partial charge in [0.05, 0.1) is 0 Å². The molecule has 0 fully saturated rings. The smallest absolute Gasteiger partial charge is 0.333 e. The summed E-state index contributed by atoms with van der Waals surface area (Å²) in [7, 11) is 0. The zero-order chi connectivity index (χ0) is 11.1. The molecule has 0 aromatic rings. The molecule has 0 aromatic carbocycles. The van der Waals surface area contributed by atoms with Gasteiger partial charge in [-0.25, -0.2) is 4.79 Å². The minimum Gasteiger partial charge on any atom is -0.454 e. The Morgan fingerprint density at radius 3 is 2.43 bits per heavy atom. The van der Waals surface area contributed by atoms with Crippen LogP contribution in [0.4, 0.5) is 0 Å². The van der Waals surface area contributed by atoms with E-state index < -0.39 is 5.97 Å². The summed E-state index contributed by atoms with van der Waals surface area (Å²) in [5.74, 6) is -0.178. The average Bonchev–Trinajstić information content (AvgIpc) is 2.13. The van der Waals surface area contributed by atoms with Gasteiger partial charge < -0.3 is 4.74 Å². The summed E-state index contributed by atoms with van der Waals surface area (Å²) in [5, 5.41) is 0. The molecule has 0 saturated carbocycles. The Labute approximate surface area is 85.1 Å². The van der Waals surface area contributed by atoms with Gasteiger partial charge in [-0.15, -0.1) is 0 Å². The van der Waals surface area contributed by atoms with Crippen LogP contribution in [0, 0.1) is 5.92 Å². The molecule has 0 radical (unpaired) electrons. The van der Waals surface area contributed by atoms with Crippen molar-refractivity contribution in [2.75, 3.05) is 6.61 Å². The topological polar surface area (TPSA) is 43.4 Å². The Morgan fingerprint density at radius 2 is 2.00 bits per heavy atom. The summed E-state index contributed by atoms with van der Waals surface area (Å²) in [5.41, 5.74) is 0.321. The van der Waals surface area contributed by atoms with Crippen molar-refractivity contribution < 1.29 is 14.3 Å². The third-order valence-electron chi connectivity index (χ3n) is 1.99. The van der Waals surface area contributed by atoms with Crippen LogP contribution in [0.25, 0.3) is 0 Å². The number of carbonyl (C=O) groups excluding carboxylic acids is 2. The standard InChI is InChI=1S/C11H18O3/c1-5-9(4)6-10(12)7-14-11(13)8(2)3/h9H,2,5-7H2,1,3-4H3. The normalized spacial score (nSPS) is 11.9. The minimum atomic E-state index is -0.498. The summed E-state index contributed by atoms with van der Waals surface area (Å²) >= 11 is 0. The predicted octanol–water partition coefficient (Wildman–Crippen LogP) is 2.11. The van der Waals surface area contributed by atoms with Gasteiger partial charge in [-0.2, -0.15) is 0 Å². The van der Waals surface area contributed by atoms with Crippen LogP contribution in [-0.2, 0) is 14.3 Å². The summed E-state index contributed by atoms with van der Waals surface area (Å²) in [6.07, 6.45) is 1.43. The molecule has 0 amide bonds. The van der Waals surface area contributed by atoms with Crippen molar-refractivity contribution in [3.8, 4) is 0 Å². The summed E-state index contributed by atoms with van der Waals surface area (Å²) in [6, 6.07) is 0. The average molecular weight is 198 g/mol. The van der Waals surface area contributed by atoms with E-state index in [-0.39, 0.29) is 12.4 Å². The highest BCUT2D eigenvalue weighted by Crippen LogP contribution is 2.07. The Kier molecular flexibility index (Phi) is 5.84. The summed E-state index contributed by atoms with van der Waals surface area (Å²) in [4.78, 5) is 22.2. The van der Waals surface area contributed by atoms with Crippen molar-refractivity contribution in [2.45, 2.75) is 33.6 Å². The van der Waals surface area contributed by atoms with Crippen molar-refractivity contribution in [1.29, 1.82) is 0 Å². The highest BCUT2D eigenvalue weighted by Gasteiger charge is 2.10. The summed E-state index contributed by atoms with van der Waals surface area (Å²) in [6.45, 7) is 8.88. The van der Waals surface area contributed by atoms with Crippen molar-refractivity contribution in [3.05, 3.63) is 12.2 Å². The number of ketones is 1. The molecule has 0 heterocycles. The molecule has 0 aromatic heterocycles. The molecule has 1 unspecified atom stereocenters. The largest absolute Gasteiger partial charge is 0.454 e. The number of hydrogen-bond acceptors (Lipinski definition) is 3. The van der Waals surface area contributed by atoms with Crippen LogP contribution in [-0.4, -0.2) is 18.4 Å². The van der Waals surface area contributed by atoms with Crippen LogP contribution >= 0.6 is 0 Å². The zero-order valence-corrected chi connectivity index (χ0v) is 9.13. The van der Waals surface area contributed by atoms with Crippen LogP contribution < -0.4 is 0 Å². The fourth-order valence-corrected chi connectivity index (χ4v) is 0.861. The molecule has 3 heteroatoms. The monoisotopic (exact) mass is 198 g/mol. The molecule has 80 valence electrons. The van der Waals surface area contributed by atoms with Crippen LogP contribution in [0.15, 0.2) is 12.2 Å². The lowest BCUT2D eigenvalue weighted by atomic mass is 10.0. The molecule has 0 spiro atoms. The van der Waals surface area contributed by atoms with Crippen LogP contribution in [0.5, 0.6) is 0 Å². The van der Waals surface area contributed by atoms with Gasteiger partial charge in [-0.05, 0) is 12.8 Å². The van der Waals surface area contributed by atoms with E-state index >= 15 is 0 Å². The number of esters is 1. The van der Waals surface area contributed by atoms with Crippen LogP contribution in [0.3, 0.4) is 0 Å². The Hall–Kier alpha value is -1.12. The number of rotatable bonds is 6. The molecule has 0 saturated heterocycles. The van der Waals surface area contributed by atoms with E-state index in [0.717, 1.165) is 6.42 Å². The lowest BCUT2D eigenvalue weighted by Crippen LogP contribution is -2.16. The maximum Gasteiger partial charge on any atom is 0.333 e. The van der Waals surface area contributed by atoms with E-state index in [1.807, 2.05) is 13.8 Å². The van der Waals surface area contributed by atoms with E-state index in [1.165, 1.54) is 0 Å². The van der Waals surface area contributed by atoms with Crippen LogP contribution in [0.2, 0.25) is 0 Å². The van der Waals surface area contributed by atoms with Gasteiger partial charge >= 0.3 is 5.97 Å². The van der Waals surface area contributed by atoms with Gasteiger partial charge in [0.1, 0.15) is 6.61 Å². The molecule has 1 atom stereocenters. The van der Waals surface area contributed by atoms with Gasteiger partial charge in [0.2, 0.25) is 0 Å². The lowest BCUT2D eigenvalue weighted by Gasteiger charge is -2.07. The third kappa shape index (κ3) is 5.51. The first-order valence-corrected chi connectivity index (χ1v) is 4.81. The molecule has 0 aliphatic rings. The predicted molar refractivity (Wildman–Crippen MR) is 54.9 cm³/mol. The first kappa shape index (κ1) is 12.9. The van der Waals surface area contributed by atoms with E-state index in [0.29, 0.717) is 17.9 Å². The zero-order valence-electron chi connectivity index (χ0n) is 9.13. The molecule has 0 N–H and O–H groups in total. The third-order valence-corrected chi connectivity index (χ3v) is 1.99. The first-order valence-electron chi connectivity index (χ1n) is 4.81. The van der Waals surface area contributed by atoms with E-state index in [4.69, 9.17) is 4.74 Å². The highest BCUT2D eigenvalue weighted by molar-refractivity contribution is 5.89. The fourth-order valence-electron chi connectivity index (χ4n) is 0.861. The van der Waals surface area contributed by atoms with Crippen molar-refractivity contribution in [1.82, 2.24) is 0 Å². The molecule has 0 rings (SSSR count). The number of ether oxygens (including phenoxy) is 1. The van der Waals surface area contributed by atoms with Crippen molar-refractivity contribution >= 4 is 11.8 Å². The van der Waals surface area contributed by atoms with Gasteiger partial charge in [-0.1, -0.05) is 26.8 Å². The molecular weight excluding hydrogens is 180 g/mol. The van der Waals surface area contributed by atoms with Gasteiger partial charge in [-0.3, -0.25) is 4.79 Å². The highest BCUT2D eigenvalue weighted by atomic mass is 16.5. The Bertz CT molecular complexity index is 231. The van der Waals surface area contributed by atoms with Gasteiger partial charge in [0.15, 0.2) is 5.78 Å². The SMILES string of the molecule is C=C(C)C(=O)OCC(=O)CC(C)CC. The number of carbonyl (C=O) groups is 2. The summed E-state index contributed by atoms with van der Waals surface area (Å²) < 4.78 is 4.72. The second-order valence-electron chi connectivity index (χ2n) is 3.61. The van der Waals surface area contributed by atoms with Crippen LogP contribution in [0.1, 0.15) is 33.6 Å². The van der Waals surface area contributed by atoms with Crippen molar-refractivity contribution in [3.63, 3.8) is 0 Å². The molecule has 3 nitrogen and oxygen atoms in total. The fraction of sp³-hybridized carbons (Fsp3) is 0.636. The molecule has 0 bridgehead atoms. The second kappa shape index (κ2) is 6.35. The van der Waals surface area contributed by atoms with E-state index in [1.54, 1.807) is 6.92 Å². The van der Waals surface area contributed by atoms with E-state index in [9.17, 15) is 9.59 Å². The molecule has 14 heavy (non-hydrogen) atoms. The number of hydrogen-bond donors (Lipinski definition) is 0. The first-order chi connectivity index (χ1) is 6.47. The maximum absolute atomic E-state index is 11.2. The number of Topliss-reactive ketones (excluding diaryl/α,β-unsaturated/α-hetero) is 1. The minimum absolute atomic E-state index is 0.0334.